The number of hydrogen-bond acceptors (Lipinski definition) is 5. The van der Waals surface area contributed by atoms with E-state index < -0.39 is 11.9 Å². The molecule has 24 heavy (non-hydrogen) atoms. The number of furan rings is 1. The van der Waals surface area contributed by atoms with Crippen molar-refractivity contribution in [3.8, 4) is 0 Å². The Bertz CT molecular complexity index is 696. The van der Waals surface area contributed by atoms with E-state index in [-0.39, 0.29) is 17.6 Å². The zero-order chi connectivity index (χ0) is 17.7. The zero-order valence-electron chi connectivity index (χ0n) is 14.2. The molecule has 0 aliphatic carbocycles. The minimum Gasteiger partial charge on any atom is -0.459 e. The quantitative estimate of drug-likeness (QED) is 0.847. The minimum atomic E-state index is -0.701. The van der Waals surface area contributed by atoms with Gasteiger partial charge >= 0.3 is 0 Å². The van der Waals surface area contributed by atoms with Crippen LogP contribution in [-0.4, -0.2) is 36.9 Å². The molecule has 0 saturated carbocycles. The number of nitrogens with zero attached hydrogens (tertiary/aromatic N) is 2. The highest BCUT2D eigenvalue weighted by Crippen LogP contribution is 2.13. The van der Waals surface area contributed by atoms with Crippen molar-refractivity contribution >= 4 is 23.5 Å². The molecule has 2 heterocycles. The average molecular weight is 330 g/mol. The third-order valence-corrected chi connectivity index (χ3v) is 3.42. The van der Waals surface area contributed by atoms with Gasteiger partial charge in [0.2, 0.25) is 5.91 Å². The number of hydrogen-bond donors (Lipinski definition) is 2. The van der Waals surface area contributed by atoms with Crippen molar-refractivity contribution in [3.05, 3.63) is 42.4 Å². The Labute approximate surface area is 141 Å². The molecule has 2 N–H and O–H groups in total. The first-order valence-corrected chi connectivity index (χ1v) is 7.68. The highest BCUT2D eigenvalue weighted by Gasteiger charge is 2.26. The van der Waals surface area contributed by atoms with Crippen molar-refractivity contribution in [2.45, 2.75) is 19.9 Å². The van der Waals surface area contributed by atoms with Gasteiger partial charge < -0.3 is 20.0 Å². The van der Waals surface area contributed by atoms with Crippen molar-refractivity contribution in [2.75, 3.05) is 24.3 Å². The SMILES string of the molecule is CC(C)[C@H](NC(=O)c1ccco1)C(=O)Nc1cccc(N(C)C)n1. The molecule has 0 unspecified atom stereocenters. The molecule has 0 spiro atoms. The van der Waals surface area contributed by atoms with Crippen molar-refractivity contribution in [1.82, 2.24) is 10.3 Å². The first-order valence-electron chi connectivity index (χ1n) is 7.68. The summed E-state index contributed by atoms with van der Waals surface area (Å²) in [6, 6.07) is 7.82. The van der Waals surface area contributed by atoms with Crippen LogP contribution in [0.4, 0.5) is 11.6 Å². The number of rotatable bonds is 6. The second kappa shape index (κ2) is 7.63. The lowest BCUT2D eigenvalue weighted by molar-refractivity contribution is -0.118. The predicted octanol–water partition coefficient (Wildman–Crippen LogP) is 2.13. The molecule has 0 fully saturated rings. The Kier molecular flexibility index (Phi) is 5.57. The molecule has 0 aliphatic rings. The Balaban J connectivity index is 2.09. The number of anilines is 2. The van der Waals surface area contributed by atoms with Crippen LogP contribution in [0.3, 0.4) is 0 Å². The zero-order valence-corrected chi connectivity index (χ0v) is 14.2. The smallest absolute Gasteiger partial charge is 0.287 e. The number of nitrogens with one attached hydrogen (secondary N) is 2. The third-order valence-electron chi connectivity index (χ3n) is 3.42. The highest BCUT2D eigenvalue weighted by molar-refractivity contribution is 5.99. The summed E-state index contributed by atoms with van der Waals surface area (Å²) in [5, 5.41) is 5.44. The lowest BCUT2D eigenvalue weighted by Crippen LogP contribution is -2.47. The fourth-order valence-corrected chi connectivity index (χ4v) is 2.10. The fourth-order valence-electron chi connectivity index (χ4n) is 2.10. The molecule has 2 rings (SSSR count). The molecule has 0 radical (unpaired) electrons. The van der Waals surface area contributed by atoms with Gasteiger partial charge in [0.05, 0.1) is 6.26 Å². The normalized spacial score (nSPS) is 11.9. The van der Waals surface area contributed by atoms with Crippen LogP contribution in [0, 0.1) is 5.92 Å². The van der Waals surface area contributed by atoms with Gasteiger partial charge in [0, 0.05) is 14.1 Å². The van der Waals surface area contributed by atoms with Crippen LogP contribution < -0.4 is 15.5 Å². The van der Waals surface area contributed by atoms with E-state index in [1.165, 1.54) is 6.26 Å². The average Bonchev–Trinajstić information content (AvgIpc) is 3.06. The van der Waals surface area contributed by atoms with Crippen LogP contribution in [0.25, 0.3) is 0 Å². The van der Waals surface area contributed by atoms with Crippen LogP contribution in [0.15, 0.2) is 41.0 Å². The largest absolute Gasteiger partial charge is 0.459 e. The van der Waals surface area contributed by atoms with E-state index >= 15 is 0 Å². The van der Waals surface area contributed by atoms with Gasteiger partial charge in [-0.25, -0.2) is 4.98 Å². The molecule has 0 bridgehead atoms. The van der Waals surface area contributed by atoms with Gasteiger partial charge in [-0.3, -0.25) is 9.59 Å². The van der Waals surface area contributed by atoms with E-state index in [0.29, 0.717) is 5.82 Å². The Morgan fingerprint density at radius 1 is 1.17 bits per heavy atom. The molecule has 2 aromatic rings. The summed E-state index contributed by atoms with van der Waals surface area (Å²) >= 11 is 0. The molecular formula is C17H22N4O3. The van der Waals surface area contributed by atoms with Gasteiger partial charge in [0.15, 0.2) is 5.76 Å². The molecule has 0 aromatic carbocycles. The van der Waals surface area contributed by atoms with Gasteiger partial charge in [0.25, 0.3) is 5.91 Å². The first kappa shape index (κ1) is 17.5. The Morgan fingerprint density at radius 3 is 2.50 bits per heavy atom. The lowest BCUT2D eigenvalue weighted by atomic mass is 10.0. The van der Waals surface area contributed by atoms with Gasteiger partial charge in [-0.05, 0) is 30.2 Å². The number of carbonyl (C=O) groups excluding carboxylic acids is 2. The van der Waals surface area contributed by atoms with Crippen molar-refractivity contribution in [2.24, 2.45) is 5.92 Å². The number of carbonyl (C=O) groups is 2. The molecule has 128 valence electrons. The Morgan fingerprint density at radius 2 is 1.92 bits per heavy atom. The summed E-state index contributed by atoms with van der Waals surface area (Å²) in [5.41, 5.74) is 0. The van der Waals surface area contributed by atoms with E-state index in [9.17, 15) is 9.59 Å². The molecular weight excluding hydrogens is 308 g/mol. The molecule has 1 atom stereocenters. The monoisotopic (exact) mass is 330 g/mol. The maximum atomic E-state index is 12.5. The second-order valence-corrected chi connectivity index (χ2v) is 5.94. The topological polar surface area (TPSA) is 87.5 Å². The van der Waals surface area contributed by atoms with E-state index in [2.05, 4.69) is 15.6 Å². The van der Waals surface area contributed by atoms with Crippen LogP contribution in [0.5, 0.6) is 0 Å². The van der Waals surface area contributed by atoms with Gasteiger partial charge in [-0.15, -0.1) is 0 Å². The number of pyridine rings is 1. The van der Waals surface area contributed by atoms with E-state index in [1.807, 2.05) is 45.0 Å². The van der Waals surface area contributed by atoms with Gasteiger partial charge in [-0.1, -0.05) is 19.9 Å². The summed E-state index contributed by atoms with van der Waals surface area (Å²) in [7, 11) is 3.74. The molecule has 0 saturated heterocycles. The molecule has 2 amide bonds. The standard InChI is InChI=1S/C17H22N4O3/c1-11(2)15(20-16(22)12-7-6-10-24-12)17(23)19-13-8-5-9-14(18-13)21(3)4/h5-11,15H,1-4H3,(H,20,22)(H,18,19,23)/t15-/m0/s1. The summed E-state index contributed by atoms with van der Waals surface area (Å²) in [4.78, 5) is 30.8. The van der Waals surface area contributed by atoms with Crippen molar-refractivity contribution in [3.63, 3.8) is 0 Å². The van der Waals surface area contributed by atoms with Gasteiger partial charge in [0.1, 0.15) is 17.7 Å². The summed E-state index contributed by atoms with van der Waals surface area (Å²) < 4.78 is 5.05. The van der Waals surface area contributed by atoms with Crippen LogP contribution in [-0.2, 0) is 4.79 Å². The van der Waals surface area contributed by atoms with Crippen molar-refractivity contribution < 1.29 is 14.0 Å². The predicted molar refractivity (Wildman–Crippen MR) is 92.0 cm³/mol. The maximum Gasteiger partial charge on any atom is 0.287 e. The third kappa shape index (κ3) is 4.34. The minimum absolute atomic E-state index is 0.0963. The summed E-state index contributed by atoms with van der Waals surface area (Å²) in [6.07, 6.45) is 1.41. The van der Waals surface area contributed by atoms with Crippen LogP contribution in [0.1, 0.15) is 24.4 Å². The van der Waals surface area contributed by atoms with Crippen LogP contribution in [0.2, 0.25) is 0 Å². The van der Waals surface area contributed by atoms with E-state index in [0.717, 1.165) is 5.82 Å². The first-order chi connectivity index (χ1) is 11.4. The number of amides is 2. The molecule has 7 heteroatoms. The second-order valence-electron chi connectivity index (χ2n) is 5.94. The lowest BCUT2D eigenvalue weighted by Gasteiger charge is -2.21. The van der Waals surface area contributed by atoms with E-state index in [4.69, 9.17) is 4.42 Å². The molecule has 0 aliphatic heterocycles. The van der Waals surface area contributed by atoms with Crippen LogP contribution >= 0.6 is 0 Å². The van der Waals surface area contributed by atoms with Gasteiger partial charge in [-0.2, -0.15) is 0 Å². The number of aromatic nitrogens is 1. The van der Waals surface area contributed by atoms with E-state index in [1.54, 1.807) is 18.2 Å². The highest BCUT2D eigenvalue weighted by atomic mass is 16.3. The maximum absolute atomic E-state index is 12.5. The molecule has 2 aromatic heterocycles. The molecule has 7 nitrogen and oxygen atoms in total. The summed E-state index contributed by atoms with van der Waals surface area (Å²) in [5.74, 6) is 0.483. The Hall–Kier alpha value is -2.83. The summed E-state index contributed by atoms with van der Waals surface area (Å²) in [6.45, 7) is 3.71. The fraction of sp³-hybridized carbons (Fsp3) is 0.353. The van der Waals surface area contributed by atoms with Crippen molar-refractivity contribution in [1.29, 1.82) is 0 Å².